The highest BCUT2D eigenvalue weighted by Crippen LogP contribution is 2.33. The lowest BCUT2D eigenvalue weighted by Crippen LogP contribution is -2.18. The SMILES string of the molecule is N=C1C(c2cncc(-c3cccnc3)c2)=CC(c2cncc(-c3cccnc3)c2)=C/C1=N/Nc1cccc(-c2cccc3ccccc23)c1. The number of anilines is 1. The Hall–Kier alpha value is -6.86. The summed E-state index contributed by atoms with van der Waals surface area (Å²) in [4.78, 5) is 17.7. The van der Waals surface area contributed by atoms with Crippen LogP contribution in [0, 0.1) is 5.41 Å². The van der Waals surface area contributed by atoms with Crippen LogP contribution >= 0.6 is 0 Å². The van der Waals surface area contributed by atoms with Crippen LogP contribution in [0.5, 0.6) is 0 Å². The van der Waals surface area contributed by atoms with E-state index < -0.39 is 0 Å². The number of hydrogen-bond acceptors (Lipinski definition) is 7. The summed E-state index contributed by atoms with van der Waals surface area (Å²) < 4.78 is 0. The Kier molecular flexibility index (Phi) is 7.89. The molecule has 49 heavy (non-hydrogen) atoms. The van der Waals surface area contributed by atoms with Gasteiger partial charge in [-0.15, -0.1) is 0 Å². The van der Waals surface area contributed by atoms with E-state index in [1.54, 1.807) is 18.6 Å². The first-order valence-electron chi connectivity index (χ1n) is 15.9. The fraction of sp³-hybridized carbons (Fsp3) is 0. The van der Waals surface area contributed by atoms with Gasteiger partial charge in [0.05, 0.1) is 11.4 Å². The number of nitrogens with one attached hydrogen (secondary N) is 2. The van der Waals surface area contributed by atoms with E-state index in [4.69, 9.17) is 5.10 Å². The van der Waals surface area contributed by atoms with Crippen molar-refractivity contribution in [3.05, 3.63) is 176 Å². The van der Waals surface area contributed by atoms with Crippen molar-refractivity contribution < 1.29 is 0 Å². The van der Waals surface area contributed by atoms with Crippen LogP contribution in [0.15, 0.2) is 170 Å². The minimum atomic E-state index is 0.281. The second kappa shape index (κ2) is 13.1. The molecule has 0 atom stereocenters. The molecule has 4 aromatic heterocycles. The summed E-state index contributed by atoms with van der Waals surface area (Å²) in [5, 5.41) is 16.5. The molecule has 0 saturated heterocycles. The molecular formula is C42H29N7. The summed E-state index contributed by atoms with van der Waals surface area (Å²) in [5.74, 6) is 0. The zero-order valence-corrected chi connectivity index (χ0v) is 26.3. The smallest absolute Gasteiger partial charge is 0.109 e. The van der Waals surface area contributed by atoms with Crippen molar-refractivity contribution in [2.45, 2.75) is 0 Å². The van der Waals surface area contributed by atoms with Gasteiger partial charge in [-0.2, -0.15) is 5.10 Å². The number of rotatable bonds is 7. The highest BCUT2D eigenvalue weighted by molar-refractivity contribution is 6.62. The van der Waals surface area contributed by atoms with Crippen LogP contribution in [-0.4, -0.2) is 31.4 Å². The van der Waals surface area contributed by atoms with Gasteiger partial charge in [-0.1, -0.05) is 66.7 Å². The third kappa shape index (κ3) is 6.16. The van der Waals surface area contributed by atoms with Gasteiger partial charge in [0.25, 0.3) is 0 Å². The van der Waals surface area contributed by atoms with E-state index >= 15 is 0 Å². The van der Waals surface area contributed by atoms with Gasteiger partial charge in [0.15, 0.2) is 0 Å². The van der Waals surface area contributed by atoms with Gasteiger partial charge >= 0.3 is 0 Å². The van der Waals surface area contributed by atoms with E-state index in [1.807, 2.05) is 85.6 Å². The number of fused-ring (bicyclic) bond motifs is 1. The first-order valence-corrected chi connectivity index (χ1v) is 15.9. The molecule has 1 aliphatic rings. The van der Waals surface area contributed by atoms with Crippen LogP contribution in [0.25, 0.3) is 55.3 Å². The van der Waals surface area contributed by atoms with Gasteiger partial charge in [-0.3, -0.25) is 30.8 Å². The molecule has 0 bridgehead atoms. The quantitative estimate of drug-likeness (QED) is 0.135. The van der Waals surface area contributed by atoms with E-state index in [0.29, 0.717) is 11.3 Å². The van der Waals surface area contributed by atoms with E-state index in [2.05, 4.69) is 86.0 Å². The van der Waals surface area contributed by atoms with E-state index in [1.165, 1.54) is 10.8 Å². The number of benzene rings is 3. The maximum absolute atomic E-state index is 9.33. The fourth-order valence-electron chi connectivity index (χ4n) is 6.04. The highest BCUT2D eigenvalue weighted by Gasteiger charge is 2.21. The molecule has 3 aromatic carbocycles. The highest BCUT2D eigenvalue weighted by atomic mass is 15.3. The lowest BCUT2D eigenvalue weighted by Gasteiger charge is -2.18. The maximum atomic E-state index is 9.33. The molecule has 1 aliphatic carbocycles. The van der Waals surface area contributed by atoms with Crippen molar-refractivity contribution in [2.75, 3.05) is 5.43 Å². The summed E-state index contributed by atoms with van der Waals surface area (Å²) in [5.41, 5.74) is 14.1. The van der Waals surface area contributed by atoms with Crippen LogP contribution in [-0.2, 0) is 0 Å². The van der Waals surface area contributed by atoms with Gasteiger partial charge in [0.2, 0.25) is 0 Å². The number of hydrazone groups is 1. The van der Waals surface area contributed by atoms with Crippen LogP contribution in [0.4, 0.5) is 5.69 Å². The van der Waals surface area contributed by atoms with E-state index in [0.717, 1.165) is 55.8 Å². The Morgan fingerprint density at radius 3 is 1.90 bits per heavy atom. The summed E-state index contributed by atoms with van der Waals surface area (Å²) in [7, 11) is 0. The predicted molar refractivity (Wildman–Crippen MR) is 199 cm³/mol. The molecule has 0 unspecified atom stereocenters. The molecule has 4 heterocycles. The Labute approximate surface area is 283 Å². The Bertz CT molecular complexity index is 2420. The van der Waals surface area contributed by atoms with Crippen LogP contribution in [0.3, 0.4) is 0 Å². The summed E-state index contributed by atoms with van der Waals surface area (Å²) in [6, 6.07) is 34.9. The zero-order valence-electron chi connectivity index (χ0n) is 26.3. The lowest BCUT2D eigenvalue weighted by atomic mass is 9.88. The third-order valence-electron chi connectivity index (χ3n) is 8.50. The minimum absolute atomic E-state index is 0.281. The minimum Gasteiger partial charge on any atom is -0.298 e. The average molecular weight is 632 g/mol. The van der Waals surface area contributed by atoms with Gasteiger partial charge in [0, 0.05) is 88.5 Å². The summed E-state index contributed by atoms with van der Waals surface area (Å²) >= 11 is 0. The van der Waals surface area contributed by atoms with Gasteiger partial charge in [0.1, 0.15) is 5.71 Å². The third-order valence-corrected chi connectivity index (χ3v) is 8.50. The largest absolute Gasteiger partial charge is 0.298 e. The van der Waals surface area contributed by atoms with Crippen molar-refractivity contribution in [3.63, 3.8) is 0 Å². The van der Waals surface area contributed by atoms with E-state index in [-0.39, 0.29) is 5.71 Å². The standard InChI is InChI=1S/C42H29N7/c43-42-40(36-18-34(25-47-27-36)31-11-6-16-45-23-31)20-32(35-17-33(24-46-26-35)30-10-5-15-44-22-30)21-41(42)49-48-37-12-3-9-29(19-37)39-14-4-8-28-7-1-2-13-38(28)39/h1-27,43,48H/b43-42?,49-41-. The molecule has 7 heteroatoms. The van der Waals surface area contributed by atoms with Gasteiger partial charge < -0.3 is 0 Å². The molecule has 7 aromatic rings. The number of nitrogens with zero attached hydrogens (tertiary/aromatic N) is 5. The number of allylic oxidation sites excluding steroid dienone is 4. The Balaban J connectivity index is 1.19. The topological polar surface area (TPSA) is 99.8 Å². The van der Waals surface area contributed by atoms with Crippen molar-refractivity contribution in [1.29, 1.82) is 5.41 Å². The van der Waals surface area contributed by atoms with Gasteiger partial charge in [-0.05, 0) is 76.0 Å². The second-order valence-corrected chi connectivity index (χ2v) is 11.7. The fourth-order valence-corrected chi connectivity index (χ4v) is 6.04. The number of pyridine rings is 4. The number of hydrogen-bond donors (Lipinski definition) is 2. The Morgan fingerprint density at radius 1 is 0.510 bits per heavy atom. The van der Waals surface area contributed by atoms with Crippen molar-refractivity contribution in [3.8, 4) is 33.4 Å². The van der Waals surface area contributed by atoms with Crippen molar-refractivity contribution in [2.24, 2.45) is 5.10 Å². The molecule has 8 rings (SSSR count). The molecular weight excluding hydrogens is 603 g/mol. The summed E-state index contributed by atoms with van der Waals surface area (Å²) in [6.07, 6.45) is 18.3. The van der Waals surface area contributed by atoms with Crippen LogP contribution in [0.1, 0.15) is 11.1 Å². The first kappa shape index (κ1) is 29.5. The lowest BCUT2D eigenvalue weighted by molar-refractivity contribution is 1.28. The molecule has 0 amide bonds. The zero-order chi connectivity index (χ0) is 33.0. The summed E-state index contributed by atoms with van der Waals surface area (Å²) in [6.45, 7) is 0. The van der Waals surface area contributed by atoms with Crippen LogP contribution < -0.4 is 5.43 Å². The molecule has 232 valence electrons. The normalized spacial score (nSPS) is 13.6. The molecule has 0 aliphatic heterocycles. The maximum Gasteiger partial charge on any atom is 0.109 e. The van der Waals surface area contributed by atoms with Crippen molar-refractivity contribution in [1.82, 2.24) is 19.9 Å². The second-order valence-electron chi connectivity index (χ2n) is 11.7. The van der Waals surface area contributed by atoms with Gasteiger partial charge in [-0.25, -0.2) is 0 Å². The average Bonchev–Trinajstić information content (AvgIpc) is 3.18. The molecule has 0 saturated carbocycles. The van der Waals surface area contributed by atoms with Crippen LogP contribution in [0.2, 0.25) is 0 Å². The number of aromatic nitrogens is 4. The van der Waals surface area contributed by atoms with Crippen molar-refractivity contribution >= 4 is 39.0 Å². The molecule has 2 N–H and O–H groups in total. The monoisotopic (exact) mass is 631 g/mol. The molecule has 0 spiro atoms. The molecule has 0 radical (unpaired) electrons. The molecule has 7 nitrogen and oxygen atoms in total. The first-order chi connectivity index (χ1) is 24.2. The predicted octanol–water partition coefficient (Wildman–Crippen LogP) is 9.39. The van der Waals surface area contributed by atoms with E-state index in [9.17, 15) is 5.41 Å². The molecule has 0 fully saturated rings. The Morgan fingerprint density at radius 2 is 1.14 bits per heavy atom.